The second-order valence-corrected chi connectivity index (χ2v) is 6.58. The third-order valence-electron chi connectivity index (χ3n) is 3.30. The number of sulfonamides is 1. The van der Waals surface area contributed by atoms with E-state index in [1.54, 1.807) is 40.2 Å². The fourth-order valence-electron chi connectivity index (χ4n) is 2.30. The Morgan fingerprint density at radius 3 is 2.67 bits per heavy atom. The number of hydrogen-bond acceptors (Lipinski definition) is 5. The number of rotatable bonds is 6. The van der Waals surface area contributed by atoms with Crippen molar-refractivity contribution in [2.75, 3.05) is 7.05 Å². The molecular weight excluding hydrogens is 292 g/mol. The Kier molecular flexibility index (Phi) is 4.50. The Balaban J connectivity index is 2.36. The van der Waals surface area contributed by atoms with E-state index in [1.165, 1.54) is 0 Å². The summed E-state index contributed by atoms with van der Waals surface area (Å²) >= 11 is 0. The third kappa shape index (κ3) is 3.17. The first-order chi connectivity index (χ1) is 9.86. The van der Waals surface area contributed by atoms with Gasteiger partial charge >= 0.3 is 0 Å². The van der Waals surface area contributed by atoms with Gasteiger partial charge in [0.2, 0.25) is 10.0 Å². The molecular formula is C13H20N4O3S. The maximum Gasteiger partial charge on any atom is 0.244 e. The highest BCUT2D eigenvalue weighted by atomic mass is 32.2. The Morgan fingerprint density at radius 2 is 2.10 bits per heavy atom. The summed E-state index contributed by atoms with van der Waals surface area (Å²) in [6, 6.07) is -0.384. The molecule has 0 aliphatic carbocycles. The predicted molar refractivity (Wildman–Crippen MR) is 78.3 cm³/mol. The van der Waals surface area contributed by atoms with Crippen LogP contribution < -0.4 is 10.0 Å². The molecule has 0 fully saturated rings. The topological polar surface area (TPSA) is 100 Å². The second kappa shape index (κ2) is 6.00. The van der Waals surface area contributed by atoms with Gasteiger partial charge in [0.1, 0.15) is 16.4 Å². The molecule has 2 rings (SSSR count). The zero-order valence-electron chi connectivity index (χ0n) is 12.5. The lowest BCUT2D eigenvalue weighted by Crippen LogP contribution is -2.28. The monoisotopic (exact) mass is 312 g/mol. The van der Waals surface area contributed by atoms with Crippen molar-refractivity contribution < 1.29 is 12.8 Å². The largest absolute Gasteiger partial charge is 0.465 e. The van der Waals surface area contributed by atoms with Crippen LogP contribution in [0, 0.1) is 13.8 Å². The molecule has 0 saturated carbocycles. The highest BCUT2D eigenvalue weighted by Gasteiger charge is 2.28. The maximum absolute atomic E-state index is 12.6. The molecule has 2 aromatic rings. The van der Waals surface area contributed by atoms with Crippen molar-refractivity contribution >= 4 is 10.0 Å². The minimum atomic E-state index is -3.67. The van der Waals surface area contributed by atoms with Gasteiger partial charge in [-0.3, -0.25) is 5.10 Å². The number of nitrogens with one attached hydrogen (secondary N) is 3. The SMILES string of the molecule is CNCc1c(C)oc(C)c1S(=O)(=O)NC(C)c1cn[nH]c1. The first kappa shape index (κ1) is 15.7. The van der Waals surface area contributed by atoms with Crippen LogP contribution in [-0.2, 0) is 16.6 Å². The zero-order valence-corrected chi connectivity index (χ0v) is 13.3. The van der Waals surface area contributed by atoms with E-state index in [0.29, 0.717) is 23.6 Å². The van der Waals surface area contributed by atoms with Crippen molar-refractivity contribution in [3.05, 3.63) is 35.0 Å². The van der Waals surface area contributed by atoms with Crippen LogP contribution in [0.4, 0.5) is 0 Å². The molecule has 3 N–H and O–H groups in total. The normalized spacial score (nSPS) is 13.5. The number of aromatic amines is 1. The van der Waals surface area contributed by atoms with E-state index in [4.69, 9.17) is 4.42 Å². The van der Waals surface area contributed by atoms with Crippen LogP contribution in [-0.4, -0.2) is 25.7 Å². The molecule has 2 aromatic heterocycles. The summed E-state index contributed by atoms with van der Waals surface area (Å²) in [6.07, 6.45) is 3.25. The van der Waals surface area contributed by atoms with Gasteiger partial charge in [0, 0.05) is 29.9 Å². The number of furan rings is 1. The van der Waals surface area contributed by atoms with Crippen molar-refractivity contribution in [2.45, 2.75) is 38.3 Å². The fraction of sp³-hybridized carbons (Fsp3) is 0.462. The van der Waals surface area contributed by atoms with Crippen molar-refractivity contribution in [1.29, 1.82) is 0 Å². The summed E-state index contributed by atoms with van der Waals surface area (Å²) in [7, 11) is -1.91. The van der Waals surface area contributed by atoms with Gasteiger partial charge in [-0.15, -0.1) is 0 Å². The summed E-state index contributed by atoms with van der Waals surface area (Å²) in [4.78, 5) is 0.213. The average molecular weight is 312 g/mol. The van der Waals surface area contributed by atoms with Crippen molar-refractivity contribution in [3.63, 3.8) is 0 Å². The molecule has 0 amide bonds. The van der Waals surface area contributed by atoms with E-state index in [0.717, 1.165) is 5.56 Å². The molecule has 0 spiro atoms. The van der Waals surface area contributed by atoms with Gasteiger partial charge in [-0.1, -0.05) is 0 Å². The predicted octanol–water partition coefficient (Wildman–Crippen LogP) is 1.38. The van der Waals surface area contributed by atoms with E-state index >= 15 is 0 Å². The summed E-state index contributed by atoms with van der Waals surface area (Å²) in [5, 5.41) is 9.46. The smallest absolute Gasteiger partial charge is 0.244 e. The Bertz CT molecular complexity index is 704. The number of hydrogen-bond donors (Lipinski definition) is 3. The number of aromatic nitrogens is 2. The fourth-order valence-corrected chi connectivity index (χ4v) is 3.98. The molecule has 2 heterocycles. The van der Waals surface area contributed by atoms with Gasteiger partial charge in [-0.25, -0.2) is 13.1 Å². The lowest BCUT2D eigenvalue weighted by atomic mass is 10.2. The molecule has 8 heteroatoms. The van der Waals surface area contributed by atoms with Crippen LogP contribution in [0.25, 0.3) is 0 Å². The molecule has 0 saturated heterocycles. The molecule has 0 aliphatic heterocycles. The van der Waals surface area contributed by atoms with E-state index in [9.17, 15) is 8.42 Å². The lowest BCUT2D eigenvalue weighted by Gasteiger charge is -2.13. The first-order valence-electron chi connectivity index (χ1n) is 6.61. The molecule has 0 bridgehead atoms. The third-order valence-corrected chi connectivity index (χ3v) is 5.03. The molecule has 21 heavy (non-hydrogen) atoms. The Morgan fingerprint density at radius 1 is 1.38 bits per heavy atom. The molecule has 0 aliphatic rings. The molecule has 0 aromatic carbocycles. The standard InChI is InChI=1S/C13H20N4O3S/c1-8(11-5-15-16-6-11)17-21(18,19)13-10(3)20-9(2)12(13)7-14-4/h5-6,8,14,17H,7H2,1-4H3,(H,15,16). The van der Waals surface area contributed by atoms with E-state index in [1.807, 2.05) is 0 Å². The maximum atomic E-state index is 12.6. The van der Waals surface area contributed by atoms with Crippen LogP contribution in [0.2, 0.25) is 0 Å². The molecule has 116 valence electrons. The Labute approximate surface area is 124 Å². The first-order valence-corrected chi connectivity index (χ1v) is 8.09. The second-order valence-electron chi connectivity index (χ2n) is 4.93. The van der Waals surface area contributed by atoms with Crippen LogP contribution >= 0.6 is 0 Å². The van der Waals surface area contributed by atoms with Gasteiger partial charge < -0.3 is 9.73 Å². The number of nitrogens with zero attached hydrogens (tertiary/aromatic N) is 1. The van der Waals surface area contributed by atoms with Gasteiger partial charge in [-0.05, 0) is 27.8 Å². The average Bonchev–Trinajstić information content (AvgIpc) is 2.98. The quantitative estimate of drug-likeness (QED) is 0.748. The molecule has 1 unspecified atom stereocenters. The van der Waals surface area contributed by atoms with Gasteiger partial charge in [0.05, 0.1) is 6.20 Å². The van der Waals surface area contributed by atoms with Crippen LogP contribution in [0.15, 0.2) is 21.7 Å². The summed E-state index contributed by atoms with van der Waals surface area (Å²) in [6.45, 7) is 5.61. The minimum Gasteiger partial charge on any atom is -0.465 e. The summed E-state index contributed by atoms with van der Waals surface area (Å²) in [5.74, 6) is 1.00. The van der Waals surface area contributed by atoms with Crippen LogP contribution in [0.5, 0.6) is 0 Å². The van der Waals surface area contributed by atoms with Gasteiger partial charge in [0.25, 0.3) is 0 Å². The van der Waals surface area contributed by atoms with E-state index in [2.05, 4.69) is 20.2 Å². The van der Waals surface area contributed by atoms with E-state index in [-0.39, 0.29) is 10.9 Å². The molecule has 1 atom stereocenters. The van der Waals surface area contributed by atoms with Crippen LogP contribution in [0.3, 0.4) is 0 Å². The van der Waals surface area contributed by atoms with Gasteiger partial charge in [0.15, 0.2) is 0 Å². The highest BCUT2D eigenvalue weighted by molar-refractivity contribution is 7.89. The van der Waals surface area contributed by atoms with Crippen LogP contribution in [0.1, 0.15) is 35.6 Å². The zero-order chi connectivity index (χ0) is 15.6. The molecule has 0 radical (unpaired) electrons. The lowest BCUT2D eigenvalue weighted by molar-refractivity contribution is 0.493. The number of aryl methyl sites for hydroxylation is 2. The van der Waals surface area contributed by atoms with Crippen molar-refractivity contribution in [1.82, 2.24) is 20.2 Å². The van der Waals surface area contributed by atoms with E-state index < -0.39 is 10.0 Å². The van der Waals surface area contributed by atoms with Crippen molar-refractivity contribution in [3.8, 4) is 0 Å². The Hall–Kier alpha value is -1.64. The summed E-state index contributed by atoms with van der Waals surface area (Å²) in [5.41, 5.74) is 1.42. The van der Waals surface area contributed by atoms with Crippen molar-refractivity contribution in [2.24, 2.45) is 0 Å². The molecule has 7 nitrogen and oxygen atoms in total. The van der Waals surface area contributed by atoms with Gasteiger partial charge in [-0.2, -0.15) is 5.10 Å². The summed E-state index contributed by atoms with van der Waals surface area (Å²) < 4.78 is 33.4. The highest BCUT2D eigenvalue weighted by Crippen LogP contribution is 2.27. The number of H-pyrrole nitrogens is 1. The minimum absolute atomic E-state index is 0.213.